The molecule has 1 saturated heterocycles. The van der Waals surface area contributed by atoms with Crippen molar-refractivity contribution < 1.29 is 19.5 Å². The van der Waals surface area contributed by atoms with Crippen LogP contribution in [0, 0.1) is 0 Å². The fourth-order valence-corrected chi connectivity index (χ4v) is 1.75. The van der Waals surface area contributed by atoms with Gasteiger partial charge in [-0.2, -0.15) is 0 Å². The third-order valence-electron chi connectivity index (χ3n) is 2.73. The largest absolute Gasteiger partial charge is 0.511 e. The lowest BCUT2D eigenvalue weighted by atomic mass is 10.1. The number of hydrogen-bond donors (Lipinski definition) is 1. The molecule has 5 nitrogen and oxygen atoms in total. The lowest BCUT2D eigenvalue weighted by molar-refractivity contribution is -0.139. The van der Waals surface area contributed by atoms with Crippen molar-refractivity contribution in [3.05, 3.63) is 11.3 Å². The zero-order chi connectivity index (χ0) is 13.0. The molecular formula is C12H17NO4. The molecule has 1 fully saturated rings. The van der Waals surface area contributed by atoms with Gasteiger partial charge in [-0.3, -0.25) is 19.3 Å². The molecule has 1 aliphatic rings. The number of rotatable bonds is 4. The number of carbonyl (C=O) groups excluding carboxylic acids is 3. The van der Waals surface area contributed by atoms with Crippen molar-refractivity contribution in [2.24, 2.45) is 0 Å². The average Bonchev–Trinajstić information content (AvgIpc) is 2.54. The maximum absolute atomic E-state index is 11.7. The van der Waals surface area contributed by atoms with E-state index < -0.39 is 17.6 Å². The Morgan fingerprint density at radius 2 is 2.00 bits per heavy atom. The van der Waals surface area contributed by atoms with E-state index in [0.717, 1.165) is 24.2 Å². The Hall–Kier alpha value is -1.65. The highest BCUT2D eigenvalue weighted by Gasteiger charge is 2.38. The zero-order valence-electron chi connectivity index (χ0n) is 10.2. The Balaban J connectivity index is 2.82. The van der Waals surface area contributed by atoms with Crippen molar-refractivity contribution in [1.29, 1.82) is 0 Å². The van der Waals surface area contributed by atoms with Crippen LogP contribution in [-0.2, 0) is 14.4 Å². The molecule has 1 N–H and O–H groups in total. The van der Waals surface area contributed by atoms with E-state index in [2.05, 4.69) is 0 Å². The molecule has 0 saturated carbocycles. The van der Waals surface area contributed by atoms with E-state index in [9.17, 15) is 19.5 Å². The van der Waals surface area contributed by atoms with Gasteiger partial charge in [-0.25, -0.2) is 0 Å². The second-order valence-corrected chi connectivity index (χ2v) is 4.11. The van der Waals surface area contributed by atoms with Gasteiger partial charge in [-0.15, -0.1) is 0 Å². The maximum Gasteiger partial charge on any atom is 0.267 e. The number of aliphatic hydroxyl groups is 1. The highest BCUT2D eigenvalue weighted by molar-refractivity contribution is 6.28. The van der Waals surface area contributed by atoms with Gasteiger partial charge in [0.25, 0.3) is 5.91 Å². The summed E-state index contributed by atoms with van der Waals surface area (Å²) in [5, 5.41) is 9.72. The summed E-state index contributed by atoms with van der Waals surface area (Å²) in [4.78, 5) is 35.2. The fourth-order valence-electron chi connectivity index (χ4n) is 1.75. The minimum Gasteiger partial charge on any atom is -0.511 e. The molecule has 94 valence electrons. The van der Waals surface area contributed by atoms with Crippen LogP contribution in [0.15, 0.2) is 11.3 Å². The second kappa shape index (κ2) is 5.61. The molecule has 0 aromatic carbocycles. The number of ketones is 1. The van der Waals surface area contributed by atoms with Crippen molar-refractivity contribution in [3.8, 4) is 0 Å². The van der Waals surface area contributed by atoms with Crippen molar-refractivity contribution >= 4 is 17.6 Å². The molecule has 1 aliphatic heterocycles. The molecule has 5 heteroatoms. The summed E-state index contributed by atoms with van der Waals surface area (Å²) >= 11 is 0. The molecule has 0 aliphatic carbocycles. The number of hydrogen-bond acceptors (Lipinski definition) is 4. The van der Waals surface area contributed by atoms with Crippen LogP contribution >= 0.6 is 0 Å². The van der Waals surface area contributed by atoms with Gasteiger partial charge in [0, 0.05) is 13.3 Å². The van der Waals surface area contributed by atoms with Crippen molar-refractivity contribution in [2.75, 3.05) is 6.54 Å². The number of nitrogens with zero attached hydrogens (tertiary/aromatic N) is 1. The summed E-state index contributed by atoms with van der Waals surface area (Å²) in [6, 6.07) is 0. The minimum absolute atomic E-state index is 0.183. The van der Waals surface area contributed by atoms with Crippen LogP contribution in [-0.4, -0.2) is 34.1 Å². The van der Waals surface area contributed by atoms with E-state index in [0.29, 0.717) is 6.42 Å². The van der Waals surface area contributed by atoms with E-state index in [-0.39, 0.29) is 17.9 Å². The molecule has 1 heterocycles. The summed E-state index contributed by atoms with van der Waals surface area (Å²) in [5.41, 5.74) is -0.212. The van der Waals surface area contributed by atoms with E-state index in [4.69, 9.17) is 0 Å². The highest BCUT2D eigenvalue weighted by atomic mass is 16.3. The Morgan fingerprint density at radius 1 is 1.35 bits per heavy atom. The lowest BCUT2D eigenvalue weighted by Gasteiger charge is -2.08. The van der Waals surface area contributed by atoms with Crippen molar-refractivity contribution in [1.82, 2.24) is 4.90 Å². The standard InChI is InChI=1S/C12H17NO4/c1-3-4-5-6-9(15)11-10(16)7-13(8(2)14)12(11)17/h15H,3-7H2,1-2H3/b11-9+. The molecule has 0 bridgehead atoms. The van der Waals surface area contributed by atoms with Crippen LogP contribution in [0.1, 0.15) is 39.5 Å². The van der Waals surface area contributed by atoms with Crippen LogP contribution in [0.25, 0.3) is 0 Å². The van der Waals surface area contributed by atoms with Gasteiger partial charge in [0.15, 0.2) is 5.78 Å². The molecule has 0 aromatic heterocycles. The van der Waals surface area contributed by atoms with Crippen molar-refractivity contribution in [3.63, 3.8) is 0 Å². The molecule has 2 amide bonds. The summed E-state index contributed by atoms with van der Waals surface area (Å²) in [6.45, 7) is 3.00. The molecule has 17 heavy (non-hydrogen) atoms. The number of amides is 2. The fraction of sp³-hybridized carbons (Fsp3) is 0.583. The number of allylic oxidation sites excluding steroid dienone is 1. The quantitative estimate of drug-likeness (QED) is 0.347. The molecule has 0 unspecified atom stereocenters. The van der Waals surface area contributed by atoms with E-state index >= 15 is 0 Å². The molecule has 1 rings (SSSR count). The molecule has 0 spiro atoms. The van der Waals surface area contributed by atoms with E-state index in [1.807, 2.05) is 6.92 Å². The number of imide groups is 1. The lowest BCUT2D eigenvalue weighted by Crippen LogP contribution is -2.30. The van der Waals surface area contributed by atoms with E-state index in [1.165, 1.54) is 6.92 Å². The summed E-state index contributed by atoms with van der Waals surface area (Å²) in [5.74, 6) is -1.80. The SMILES string of the molecule is CCCCC/C(O)=C1/C(=O)CN(C(C)=O)C1=O. The Morgan fingerprint density at radius 3 is 2.47 bits per heavy atom. The Kier molecular flexibility index (Phi) is 4.43. The number of Topliss-reactive ketones (excluding diaryl/α,β-unsaturated/α-hetero) is 1. The molecular weight excluding hydrogens is 222 g/mol. The van der Waals surface area contributed by atoms with Crippen LogP contribution in [0.3, 0.4) is 0 Å². The van der Waals surface area contributed by atoms with Crippen LogP contribution in [0.4, 0.5) is 0 Å². The number of carbonyl (C=O) groups is 3. The smallest absolute Gasteiger partial charge is 0.267 e. The van der Waals surface area contributed by atoms with E-state index in [1.54, 1.807) is 0 Å². The Bertz CT molecular complexity index is 384. The summed E-state index contributed by atoms with van der Waals surface area (Å²) in [6.07, 6.45) is 2.96. The number of aliphatic hydroxyl groups excluding tert-OH is 1. The first-order valence-corrected chi connectivity index (χ1v) is 5.76. The summed E-state index contributed by atoms with van der Waals surface area (Å²) in [7, 11) is 0. The topological polar surface area (TPSA) is 74.7 Å². The van der Waals surface area contributed by atoms with Gasteiger partial charge in [-0.1, -0.05) is 19.8 Å². The maximum atomic E-state index is 11.7. The van der Waals surface area contributed by atoms with Gasteiger partial charge >= 0.3 is 0 Å². The first-order chi connectivity index (χ1) is 7.99. The average molecular weight is 239 g/mol. The first-order valence-electron chi connectivity index (χ1n) is 5.76. The normalized spacial score (nSPS) is 18.8. The van der Waals surface area contributed by atoms with Crippen molar-refractivity contribution in [2.45, 2.75) is 39.5 Å². The van der Waals surface area contributed by atoms with Gasteiger partial charge in [-0.05, 0) is 6.42 Å². The van der Waals surface area contributed by atoms with Crippen LogP contribution in [0.2, 0.25) is 0 Å². The third kappa shape index (κ3) is 2.93. The Labute approximate surface area is 100 Å². The van der Waals surface area contributed by atoms with Gasteiger partial charge < -0.3 is 5.11 Å². The zero-order valence-corrected chi connectivity index (χ0v) is 10.2. The minimum atomic E-state index is -0.670. The predicted molar refractivity (Wildman–Crippen MR) is 61.2 cm³/mol. The highest BCUT2D eigenvalue weighted by Crippen LogP contribution is 2.20. The third-order valence-corrected chi connectivity index (χ3v) is 2.73. The van der Waals surface area contributed by atoms with Crippen LogP contribution in [0.5, 0.6) is 0 Å². The second-order valence-electron chi connectivity index (χ2n) is 4.11. The van der Waals surface area contributed by atoms with Gasteiger partial charge in [0.2, 0.25) is 5.91 Å². The first kappa shape index (κ1) is 13.4. The monoisotopic (exact) mass is 239 g/mol. The molecule has 0 radical (unpaired) electrons. The number of unbranched alkanes of at least 4 members (excludes halogenated alkanes) is 2. The summed E-state index contributed by atoms with van der Waals surface area (Å²) < 4.78 is 0. The molecule has 0 atom stereocenters. The van der Waals surface area contributed by atoms with Crippen LogP contribution < -0.4 is 0 Å². The number of likely N-dealkylation sites (tertiary alicyclic amines) is 1. The van der Waals surface area contributed by atoms with Gasteiger partial charge in [0.05, 0.1) is 6.54 Å². The predicted octanol–water partition coefficient (Wildman–Crippen LogP) is 1.34. The molecule has 0 aromatic rings. The van der Waals surface area contributed by atoms with Gasteiger partial charge in [0.1, 0.15) is 11.3 Å².